The summed E-state index contributed by atoms with van der Waals surface area (Å²) in [5, 5.41) is 0. The number of nitrogens with zero attached hydrogens (tertiary/aromatic N) is 2. The van der Waals surface area contributed by atoms with E-state index in [1.807, 2.05) is 0 Å². The Morgan fingerprint density at radius 1 is 1.54 bits per heavy atom. The van der Waals surface area contributed by atoms with Crippen molar-refractivity contribution >= 4 is 0 Å². The Morgan fingerprint density at radius 3 is 2.69 bits per heavy atom. The predicted molar refractivity (Wildman–Crippen MR) is 44.3 cm³/mol. The molecule has 3 nitrogen and oxygen atoms in total. The first-order chi connectivity index (χ1) is 6.02. The number of nitrogens with two attached hydrogens (primary N) is 1. The lowest BCUT2D eigenvalue weighted by atomic mass is 9.98. The molecule has 0 spiro atoms. The van der Waals surface area contributed by atoms with Crippen LogP contribution < -0.4 is 5.73 Å². The summed E-state index contributed by atoms with van der Waals surface area (Å²) in [6.07, 6.45) is 1.84. The predicted octanol–water partition coefficient (Wildman–Crippen LogP) is 1.00. The van der Waals surface area contributed by atoms with Gasteiger partial charge in [0, 0.05) is 25.0 Å². The van der Waals surface area contributed by atoms with Gasteiger partial charge in [-0.15, -0.1) is 0 Å². The molecule has 1 unspecified atom stereocenters. The van der Waals surface area contributed by atoms with Gasteiger partial charge in [0.2, 0.25) is 0 Å². The molecule has 0 saturated heterocycles. The first-order valence-corrected chi connectivity index (χ1v) is 3.84. The van der Waals surface area contributed by atoms with Crippen molar-refractivity contribution in [2.45, 2.75) is 25.3 Å². The maximum atomic E-state index is 12.3. The quantitative estimate of drug-likeness (QED) is 0.768. The molecule has 1 aromatic rings. The summed E-state index contributed by atoms with van der Waals surface area (Å²) < 4.78 is 24.7. The molecule has 1 rings (SSSR count). The topological polar surface area (TPSA) is 51.8 Å². The van der Waals surface area contributed by atoms with E-state index < -0.39 is 12.0 Å². The van der Waals surface area contributed by atoms with Gasteiger partial charge in [-0.25, -0.2) is 8.78 Å². The second-order valence-corrected chi connectivity index (χ2v) is 3.18. The molecule has 5 heteroatoms. The molecule has 0 aromatic carbocycles. The highest BCUT2D eigenvalue weighted by atomic mass is 19.3. The minimum Gasteiger partial charge on any atom is -0.320 e. The lowest BCUT2D eigenvalue weighted by molar-refractivity contribution is 0.0633. The van der Waals surface area contributed by atoms with Crippen molar-refractivity contribution in [3.63, 3.8) is 0 Å². The van der Waals surface area contributed by atoms with Gasteiger partial charge in [0.15, 0.2) is 0 Å². The van der Waals surface area contributed by atoms with E-state index in [0.29, 0.717) is 5.69 Å². The molecular formula is C8H11F2N3. The van der Waals surface area contributed by atoms with Gasteiger partial charge < -0.3 is 5.73 Å². The summed E-state index contributed by atoms with van der Waals surface area (Å²) in [4.78, 5) is 7.64. The van der Waals surface area contributed by atoms with Gasteiger partial charge in [-0.3, -0.25) is 9.97 Å². The molecular weight excluding hydrogens is 176 g/mol. The van der Waals surface area contributed by atoms with Gasteiger partial charge in [0.1, 0.15) is 0 Å². The first kappa shape index (κ1) is 9.98. The molecule has 0 saturated carbocycles. The molecule has 0 aliphatic heterocycles. The third-order valence-corrected chi connectivity index (χ3v) is 1.68. The fourth-order valence-corrected chi connectivity index (χ4v) is 0.889. The van der Waals surface area contributed by atoms with Crippen molar-refractivity contribution in [3.8, 4) is 0 Å². The van der Waals surface area contributed by atoms with Crippen LogP contribution in [0.2, 0.25) is 0 Å². The van der Waals surface area contributed by atoms with E-state index >= 15 is 0 Å². The number of hydrogen-bond acceptors (Lipinski definition) is 3. The molecule has 1 aromatic heterocycles. The number of halogens is 2. The maximum absolute atomic E-state index is 12.3. The molecule has 0 bridgehead atoms. The third-order valence-electron chi connectivity index (χ3n) is 1.68. The summed E-state index contributed by atoms with van der Waals surface area (Å²) >= 11 is 0. The lowest BCUT2D eigenvalue weighted by Gasteiger charge is -2.22. The van der Waals surface area contributed by atoms with Crippen molar-refractivity contribution in [2.24, 2.45) is 5.73 Å². The minimum atomic E-state index is -2.56. The fourth-order valence-electron chi connectivity index (χ4n) is 0.889. The lowest BCUT2D eigenvalue weighted by Crippen LogP contribution is -2.46. The van der Waals surface area contributed by atoms with Crippen LogP contribution in [0.15, 0.2) is 18.6 Å². The minimum absolute atomic E-state index is 0.0263. The normalized spacial score (nSPS) is 15.8. The zero-order valence-electron chi connectivity index (χ0n) is 7.24. The maximum Gasteiger partial charge on any atom is 0.256 e. The molecule has 2 N–H and O–H groups in total. The zero-order chi connectivity index (χ0) is 9.90. The van der Waals surface area contributed by atoms with Crippen molar-refractivity contribution in [1.82, 2.24) is 9.97 Å². The average Bonchev–Trinajstić information content (AvgIpc) is 2.05. The largest absolute Gasteiger partial charge is 0.320 e. The van der Waals surface area contributed by atoms with E-state index in [4.69, 9.17) is 5.73 Å². The van der Waals surface area contributed by atoms with Crippen molar-refractivity contribution in [1.29, 1.82) is 0 Å². The summed E-state index contributed by atoms with van der Waals surface area (Å²) in [5.74, 6) is 0. The van der Waals surface area contributed by atoms with Crippen molar-refractivity contribution in [3.05, 3.63) is 24.3 Å². The fraction of sp³-hybridized carbons (Fsp3) is 0.500. The number of aromatic nitrogens is 2. The molecule has 1 heterocycles. The molecule has 0 fully saturated rings. The van der Waals surface area contributed by atoms with Crippen LogP contribution in [0.1, 0.15) is 12.6 Å². The highest BCUT2D eigenvalue weighted by Crippen LogP contribution is 2.16. The van der Waals surface area contributed by atoms with Crippen LogP contribution in [0.5, 0.6) is 0 Å². The molecule has 13 heavy (non-hydrogen) atoms. The second kappa shape index (κ2) is 3.74. The SMILES string of the molecule is CC(N)(Cc1cnccn1)C(F)F. The molecule has 1 atom stereocenters. The number of rotatable bonds is 3. The second-order valence-electron chi connectivity index (χ2n) is 3.18. The summed E-state index contributed by atoms with van der Waals surface area (Å²) in [7, 11) is 0. The van der Waals surface area contributed by atoms with Crippen molar-refractivity contribution in [2.75, 3.05) is 0 Å². The Kier molecular flexibility index (Phi) is 2.87. The number of hydrogen-bond donors (Lipinski definition) is 1. The van der Waals surface area contributed by atoms with Crippen LogP contribution in [-0.2, 0) is 6.42 Å². The Hall–Kier alpha value is -1.10. The van der Waals surface area contributed by atoms with Gasteiger partial charge in [0.05, 0.1) is 11.2 Å². The van der Waals surface area contributed by atoms with E-state index in [2.05, 4.69) is 9.97 Å². The van der Waals surface area contributed by atoms with Crippen LogP contribution in [0.3, 0.4) is 0 Å². The summed E-state index contributed by atoms with van der Waals surface area (Å²) in [6.45, 7) is 1.30. The molecule has 0 radical (unpaired) electrons. The van der Waals surface area contributed by atoms with E-state index in [-0.39, 0.29) is 6.42 Å². The van der Waals surface area contributed by atoms with Crippen LogP contribution in [0.25, 0.3) is 0 Å². The van der Waals surface area contributed by atoms with Gasteiger partial charge in [-0.2, -0.15) is 0 Å². The summed E-state index contributed by atoms with van der Waals surface area (Å²) in [5.41, 5.74) is 4.32. The van der Waals surface area contributed by atoms with E-state index in [0.717, 1.165) is 0 Å². The monoisotopic (exact) mass is 187 g/mol. The van der Waals surface area contributed by atoms with Gasteiger partial charge >= 0.3 is 0 Å². The van der Waals surface area contributed by atoms with E-state index in [1.54, 1.807) is 0 Å². The van der Waals surface area contributed by atoms with Gasteiger partial charge in [-0.05, 0) is 6.92 Å². The van der Waals surface area contributed by atoms with Crippen molar-refractivity contribution < 1.29 is 8.78 Å². The third kappa shape index (κ3) is 2.69. The Balaban J connectivity index is 2.69. The van der Waals surface area contributed by atoms with Gasteiger partial charge in [-0.1, -0.05) is 0 Å². The van der Waals surface area contributed by atoms with E-state index in [9.17, 15) is 8.78 Å². The van der Waals surface area contributed by atoms with Crippen LogP contribution >= 0.6 is 0 Å². The highest BCUT2D eigenvalue weighted by Gasteiger charge is 2.30. The molecule has 0 aliphatic carbocycles. The van der Waals surface area contributed by atoms with E-state index in [1.165, 1.54) is 25.5 Å². The average molecular weight is 187 g/mol. The molecule has 0 aliphatic rings. The smallest absolute Gasteiger partial charge is 0.256 e. The molecule has 72 valence electrons. The zero-order valence-corrected chi connectivity index (χ0v) is 7.24. The van der Waals surface area contributed by atoms with Crippen LogP contribution in [-0.4, -0.2) is 21.9 Å². The number of alkyl halides is 2. The molecule has 0 amide bonds. The van der Waals surface area contributed by atoms with Gasteiger partial charge in [0.25, 0.3) is 6.43 Å². The Labute approximate surface area is 75.0 Å². The highest BCUT2D eigenvalue weighted by molar-refractivity contribution is 5.02. The Morgan fingerprint density at radius 2 is 2.23 bits per heavy atom. The standard InChI is InChI=1S/C8H11F2N3/c1-8(11,7(9)10)4-6-5-12-2-3-13-6/h2-3,5,7H,4,11H2,1H3. The Bertz CT molecular complexity index is 261. The summed E-state index contributed by atoms with van der Waals surface area (Å²) in [6, 6.07) is 0. The van der Waals surface area contributed by atoms with Crippen LogP contribution in [0, 0.1) is 0 Å². The van der Waals surface area contributed by atoms with Crippen LogP contribution in [0.4, 0.5) is 8.78 Å². The first-order valence-electron chi connectivity index (χ1n) is 3.84.